The number of carbonyl (C=O) groups excluding carboxylic acids is 1. The standard InChI is InChI=1S/C16H25NO4/c1-12-6-5-7-14(13(12)2)21-10-15(18)17-11-16(3,19)8-9-20-4/h5-7,19H,8-11H2,1-4H3,(H,17,18). The van der Waals surface area contributed by atoms with Gasteiger partial charge in [0.05, 0.1) is 5.60 Å². The van der Waals surface area contributed by atoms with E-state index in [0.29, 0.717) is 18.8 Å². The number of amides is 1. The van der Waals surface area contributed by atoms with E-state index in [4.69, 9.17) is 9.47 Å². The first-order chi connectivity index (χ1) is 9.85. The van der Waals surface area contributed by atoms with Gasteiger partial charge in [0.1, 0.15) is 5.75 Å². The van der Waals surface area contributed by atoms with Crippen LogP contribution >= 0.6 is 0 Å². The fourth-order valence-electron chi connectivity index (χ4n) is 1.77. The molecule has 1 amide bonds. The third kappa shape index (κ3) is 6.14. The van der Waals surface area contributed by atoms with Gasteiger partial charge >= 0.3 is 0 Å². The van der Waals surface area contributed by atoms with Crippen LogP contribution in [0, 0.1) is 13.8 Å². The molecule has 0 fully saturated rings. The Morgan fingerprint density at radius 1 is 1.38 bits per heavy atom. The van der Waals surface area contributed by atoms with E-state index in [1.54, 1.807) is 14.0 Å². The quantitative estimate of drug-likeness (QED) is 0.764. The average Bonchev–Trinajstić information content (AvgIpc) is 2.45. The summed E-state index contributed by atoms with van der Waals surface area (Å²) < 4.78 is 10.4. The second-order valence-electron chi connectivity index (χ2n) is 5.50. The van der Waals surface area contributed by atoms with E-state index >= 15 is 0 Å². The number of hydrogen-bond acceptors (Lipinski definition) is 4. The molecule has 1 aromatic rings. The number of hydrogen-bond donors (Lipinski definition) is 2. The van der Waals surface area contributed by atoms with Crippen molar-refractivity contribution in [3.05, 3.63) is 29.3 Å². The highest BCUT2D eigenvalue weighted by atomic mass is 16.5. The van der Waals surface area contributed by atoms with E-state index in [0.717, 1.165) is 11.1 Å². The van der Waals surface area contributed by atoms with Crippen molar-refractivity contribution < 1.29 is 19.4 Å². The highest BCUT2D eigenvalue weighted by Crippen LogP contribution is 2.20. The third-order valence-electron chi connectivity index (χ3n) is 3.42. The molecule has 2 N–H and O–H groups in total. The fourth-order valence-corrected chi connectivity index (χ4v) is 1.77. The van der Waals surface area contributed by atoms with Gasteiger partial charge in [-0.25, -0.2) is 0 Å². The van der Waals surface area contributed by atoms with E-state index in [2.05, 4.69) is 5.32 Å². The van der Waals surface area contributed by atoms with Crippen molar-refractivity contribution in [2.24, 2.45) is 0 Å². The minimum atomic E-state index is -0.981. The Labute approximate surface area is 126 Å². The molecule has 0 bridgehead atoms. The number of rotatable bonds is 8. The largest absolute Gasteiger partial charge is 0.483 e. The normalized spacial score (nSPS) is 13.6. The van der Waals surface area contributed by atoms with E-state index < -0.39 is 5.60 Å². The number of aryl methyl sites for hydroxylation is 1. The Balaban J connectivity index is 2.39. The first-order valence-electron chi connectivity index (χ1n) is 7.03. The zero-order valence-electron chi connectivity index (χ0n) is 13.2. The molecule has 0 aliphatic heterocycles. The highest BCUT2D eigenvalue weighted by molar-refractivity contribution is 5.77. The van der Waals surface area contributed by atoms with Crippen molar-refractivity contribution in [1.82, 2.24) is 5.32 Å². The smallest absolute Gasteiger partial charge is 0.258 e. The Hall–Kier alpha value is -1.59. The van der Waals surface area contributed by atoms with Crippen molar-refractivity contribution in [3.63, 3.8) is 0 Å². The van der Waals surface area contributed by atoms with Gasteiger partial charge in [0, 0.05) is 26.7 Å². The van der Waals surface area contributed by atoms with E-state index in [-0.39, 0.29) is 19.1 Å². The summed E-state index contributed by atoms with van der Waals surface area (Å²) >= 11 is 0. The van der Waals surface area contributed by atoms with Gasteiger partial charge in [0.25, 0.3) is 5.91 Å². The van der Waals surface area contributed by atoms with Crippen molar-refractivity contribution in [2.45, 2.75) is 32.8 Å². The topological polar surface area (TPSA) is 67.8 Å². The van der Waals surface area contributed by atoms with Gasteiger partial charge in [0.15, 0.2) is 6.61 Å². The van der Waals surface area contributed by atoms with Gasteiger partial charge in [-0.05, 0) is 38.0 Å². The predicted octanol–water partition coefficient (Wildman–Crippen LogP) is 1.59. The fraction of sp³-hybridized carbons (Fsp3) is 0.562. The maximum absolute atomic E-state index is 11.8. The van der Waals surface area contributed by atoms with Crippen LogP contribution in [-0.4, -0.2) is 43.5 Å². The molecule has 1 atom stereocenters. The van der Waals surface area contributed by atoms with Crippen molar-refractivity contribution in [3.8, 4) is 5.75 Å². The van der Waals surface area contributed by atoms with Crippen LogP contribution in [0.1, 0.15) is 24.5 Å². The number of nitrogens with one attached hydrogen (secondary N) is 1. The van der Waals surface area contributed by atoms with Crippen molar-refractivity contribution in [1.29, 1.82) is 0 Å². The molecule has 1 aromatic carbocycles. The first-order valence-corrected chi connectivity index (χ1v) is 7.03. The Bertz CT molecular complexity index is 471. The van der Waals surface area contributed by atoms with Gasteiger partial charge in [-0.2, -0.15) is 0 Å². The molecule has 0 spiro atoms. The lowest BCUT2D eigenvalue weighted by Gasteiger charge is -2.23. The molecule has 5 heteroatoms. The molecular formula is C16H25NO4. The summed E-state index contributed by atoms with van der Waals surface area (Å²) in [5.74, 6) is 0.449. The summed E-state index contributed by atoms with van der Waals surface area (Å²) in [5.41, 5.74) is 1.16. The molecule has 0 heterocycles. The van der Waals surface area contributed by atoms with Crippen LogP contribution in [0.2, 0.25) is 0 Å². The van der Waals surface area contributed by atoms with Crippen LogP contribution in [0.3, 0.4) is 0 Å². The highest BCUT2D eigenvalue weighted by Gasteiger charge is 2.20. The molecule has 21 heavy (non-hydrogen) atoms. The van der Waals surface area contributed by atoms with Gasteiger partial charge in [-0.3, -0.25) is 4.79 Å². The monoisotopic (exact) mass is 295 g/mol. The van der Waals surface area contributed by atoms with Gasteiger partial charge in [-0.1, -0.05) is 12.1 Å². The summed E-state index contributed by atoms with van der Waals surface area (Å²) in [6.07, 6.45) is 0.460. The Morgan fingerprint density at radius 3 is 2.76 bits per heavy atom. The molecule has 0 aliphatic rings. The molecule has 5 nitrogen and oxygen atoms in total. The van der Waals surface area contributed by atoms with Gasteiger partial charge in [-0.15, -0.1) is 0 Å². The lowest BCUT2D eigenvalue weighted by atomic mass is 10.0. The summed E-state index contributed by atoms with van der Waals surface area (Å²) in [5, 5.41) is 12.7. The molecule has 118 valence electrons. The lowest BCUT2D eigenvalue weighted by molar-refractivity contribution is -0.124. The lowest BCUT2D eigenvalue weighted by Crippen LogP contribution is -2.42. The molecule has 0 saturated heterocycles. The zero-order valence-corrected chi connectivity index (χ0v) is 13.2. The summed E-state index contributed by atoms with van der Waals surface area (Å²) in [7, 11) is 1.58. The van der Waals surface area contributed by atoms with Crippen LogP contribution in [0.25, 0.3) is 0 Å². The molecule has 1 rings (SSSR count). The van der Waals surface area contributed by atoms with E-state index in [1.165, 1.54) is 0 Å². The van der Waals surface area contributed by atoms with Crippen molar-refractivity contribution >= 4 is 5.91 Å². The number of benzene rings is 1. The number of aliphatic hydroxyl groups is 1. The van der Waals surface area contributed by atoms with Gasteiger partial charge in [0.2, 0.25) is 0 Å². The molecule has 0 radical (unpaired) electrons. The first kappa shape index (κ1) is 17.5. The van der Waals surface area contributed by atoms with Crippen LogP contribution in [0.4, 0.5) is 0 Å². The third-order valence-corrected chi connectivity index (χ3v) is 3.42. The molecule has 0 saturated carbocycles. The Morgan fingerprint density at radius 2 is 2.10 bits per heavy atom. The molecule has 0 aromatic heterocycles. The Kier molecular flexibility index (Phi) is 6.65. The minimum Gasteiger partial charge on any atom is -0.483 e. The van der Waals surface area contributed by atoms with Crippen LogP contribution in [0.5, 0.6) is 5.75 Å². The van der Waals surface area contributed by atoms with Crippen LogP contribution in [-0.2, 0) is 9.53 Å². The van der Waals surface area contributed by atoms with Crippen molar-refractivity contribution in [2.75, 3.05) is 26.9 Å². The predicted molar refractivity (Wildman–Crippen MR) is 81.5 cm³/mol. The summed E-state index contributed by atoms with van der Waals surface area (Å²) in [6.45, 7) is 6.17. The van der Waals surface area contributed by atoms with Crippen LogP contribution < -0.4 is 10.1 Å². The second-order valence-corrected chi connectivity index (χ2v) is 5.50. The van der Waals surface area contributed by atoms with E-state index in [1.807, 2.05) is 32.0 Å². The zero-order chi connectivity index (χ0) is 15.9. The maximum atomic E-state index is 11.8. The average molecular weight is 295 g/mol. The molecular weight excluding hydrogens is 270 g/mol. The van der Waals surface area contributed by atoms with Gasteiger partial charge < -0.3 is 19.9 Å². The summed E-state index contributed by atoms with van der Waals surface area (Å²) in [4.78, 5) is 11.8. The number of methoxy groups -OCH3 is 1. The number of carbonyl (C=O) groups is 1. The number of ether oxygens (including phenoxy) is 2. The molecule has 1 unspecified atom stereocenters. The summed E-state index contributed by atoms with van der Waals surface area (Å²) in [6, 6.07) is 5.73. The molecule has 0 aliphatic carbocycles. The SMILES string of the molecule is COCCC(C)(O)CNC(=O)COc1cccc(C)c1C. The minimum absolute atomic E-state index is 0.0648. The van der Waals surface area contributed by atoms with E-state index in [9.17, 15) is 9.90 Å². The van der Waals surface area contributed by atoms with Crippen LogP contribution in [0.15, 0.2) is 18.2 Å². The maximum Gasteiger partial charge on any atom is 0.258 e. The second kappa shape index (κ2) is 8.00.